The number of nitrogens with zero attached hydrogens (tertiary/aromatic N) is 5. The zero-order chi connectivity index (χ0) is 16.2. The standard InChI is InChI=1S/C17H26N6/c1-14-6-9-22(12-16(14)23-10-7-19-13-23)17(18-2)20-11-15-5-4-8-21(15)3/h4-5,7-8,10,13-14,16H,6,9,11-12H2,1-3H3,(H,18,20). The van der Waals surface area contributed by atoms with Gasteiger partial charge in [0.25, 0.3) is 0 Å². The molecule has 1 aliphatic heterocycles. The highest BCUT2D eigenvalue weighted by Crippen LogP contribution is 2.27. The molecule has 3 heterocycles. The highest BCUT2D eigenvalue weighted by molar-refractivity contribution is 5.80. The van der Waals surface area contributed by atoms with Crippen LogP contribution in [-0.4, -0.2) is 45.1 Å². The Balaban J connectivity index is 1.65. The fraction of sp³-hybridized carbons (Fsp3) is 0.529. The molecule has 0 radical (unpaired) electrons. The summed E-state index contributed by atoms with van der Waals surface area (Å²) in [6.07, 6.45) is 9.06. The quantitative estimate of drug-likeness (QED) is 0.695. The maximum atomic E-state index is 4.48. The highest BCUT2D eigenvalue weighted by Gasteiger charge is 2.28. The molecule has 1 aliphatic rings. The van der Waals surface area contributed by atoms with Crippen LogP contribution in [0.3, 0.4) is 0 Å². The van der Waals surface area contributed by atoms with Gasteiger partial charge in [0.1, 0.15) is 0 Å². The van der Waals surface area contributed by atoms with Crippen LogP contribution in [0.25, 0.3) is 0 Å². The molecule has 0 aliphatic carbocycles. The average Bonchev–Trinajstić information content (AvgIpc) is 3.21. The van der Waals surface area contributed by atoms with Crippen molar-refractivity contribution in [1.29, 1.82) is 0 Å². The molecule has 6 heteroatoms. The van der Waals surface area contributed by atoms with E-state index in [1.54, 1.807) is 0 Å². The van der Waals surface area contributed by atoms with Crippen molar-refractivity contribution in [1.82, 2.24) is 24.3 Å². The van der Waals surface area contributed by atoms with E-state index in [4.69, 9.17) is 0 Å². The lowest BCUT2D eigenvalue weighted by Crippen LogP contribution is -2.48. The van der Waals surface area contributed by atoms with Crippen molar-refractivity contribution in [3.63, 3.8) is 0 Å². The molecule has 0 bridgehead atoms. The van der Waals surface area contributed by atoms with Crippen LogP contribution in [0, 0.1) is 5.92 Å². The maximum absolute atomic E-state index is 4.48. The van der Waals surface area contributed by atoms with E-state index >= 15 is 0 Å². The van der Waals surface area contributed by atoms with E-state index in [9.17, 15) is 0 Å². The molecular formula is C17H26N6. The van der Waals surface area contributed by atoms with Gasteiger partial charge in [-0.2, -0.15) is 0 Å². The summed E-state index contributed by atoms with van der Waals surface area (Å²) in [4.78, 5) is 11.0. The molecule has 1 saturated heterocycles. The van der Waals surface area contributed by atoms with Crippen molar-refractivity contribution in [3.05, 3.63) is 42.7 Å². The summed E-state index contributed by atoms with van der Waals surface area (Å²) in [6, 6.07) is 4.64. The van der Waals surface area contributed by atoms with Gasteiger partial charge in [-0.3, -0.25) is 4.99 Å². The van der Waals surface area contributed by atoms with Crippen molar-refractivity contribution in [2.24, 2.45) is 18.0 Å². The molecule has 3 rings (SSSR count). The Labute approximate surface area is 137 Å². The van der Waals surface area contributed by atoms with E-state index < -0.39 is 0 Å². The maximum Gasteiger partial charge on any atom is 0.194 e. The lowest BCUT2D eigenvalue weighted by molar-refractivity contribution is 0.189. The predicted octanol–water partition coefficient (Wildman–Crippen LogP) is 1.88. The number of imidazole rings is 1. The average molecular weight is 314 g/mol. The molecule has 0 spiro atoms. The Bertz CT molecular complexity index is 642. The number of piperidine rings is 1. The van der Waals surface area contributed by atoms with Crippen molar-refractivity contribution in [2.45, 2.75) is 25.9 Å². The zero-order valence-electron chi connectivity index (χ0n) is 14.2. The van der Waals surface area contributed by atoms with Crippen LogP contribution in [0.4, 0.5) is 0 Å². The van der Waals surface area contributed by atoms with Gasteiger partial charge in [-0.05, 0) is 24.5 Å². The molecule has 0 saturated carbocycles. The van der Waals surface area contributed by atoms with E-state index in [0.29, 0.717) is 12.0 Å². The molecule has 2 atom stereocenters. The third-order valence-electron chi connectivity index (χ3n) is 4.82. The van der Waals surface area contributed by atoms with Crippen molar-refractivity contribution >= 4 is 5.96 Å². The van der Waals surface area contributed by atoms with Gasteiger partial charge in [0.15, 0.2) is 5.96 Å². The lowest BCUT2D eigenvalue weighted by Gasteiger charge is -2.39. The van der Waals surface area contributed by atoms with Crippen molar-refractivity contribution in [3.8, 4) is 0 Å². The Morgan fingerprint density at radius 1 is 1.43 bits per heavy atom. The summed E-state index contributed by atoms with van der Waals surface area (Å²) in [5.74, 6) is 1.62. The minimum Gasteiger partial charge on any atom is -0.353 e. The summed E-state index contributed by atoms with van der Waals surface area (Å²) in [6.45, 7) is 5.11. The van der Waals surface area contributed by atoms with Gasteiger partial charge in [-0.1, -0.05) is 6.92 Å². The Morgan fingerprint density at radius 2 is 2.30 bits per heavy atom. The summed E-state index contributed by atoms with van der Waals surface area (Å²) in [5, 5.41) is 3.49. The van der Waals surface area contributed by atoms with Gasteiger partial charge in [0, 0.05) is 51.5 Å². The largest absolute Gasteiger partial charge is 0.353 e. The number of nitrogens with one attached hydrogen (secondary N) is 1. The number of hydrogen-bond donors (Lipinski definition) is 1. The molecule has 124 valence electrons. The number of aryl methyl sites for hydroxylation is 1. The van der Waals surface area contributed by atoms with E-state index in [-0.39, 0.29) is 0 Å². The Kier molecular flexibility index (Phi) is 4.69. The van der Waals surface area contributed by atoms with E-state index in [1.165, 1.54) is 5.69 Å². The first-order chi connectivity index (χ1) is 11.2. The molecule has 23 heavy (non-hydrogen) atoms. The monoisotopic (exact) mass is 314 g/mol. The first kappa shape index (κ1) is 15.6. The zero-order valence-corrected chi connectivity index (χ0v) is 14.2. The first-order valence-electron chi connectivity index (χ1n) is 8.22. The third kappa shape index (κ3) is 3.41. The minimum atomic E-state index is 0.444. The number of aromatic nitrogens is 3. The van der Waals surface area contributed by atoms with Crippen LogP contribution in [0.2, 0.25) is 0 Å². The van der Waals surface area contributed by atoms with Gasteiger partial charge in [-0.15, -0.1) is 0 Å². The molecule has 6 nitrogen and oxygen atoms in total. The molecule has 2 unspecified atom stereocenters. The predicted molar refractivity (Wildman–Crippen MR) is 92.2 cm³/mol. The topological polar surface area (TPSA) is 50.4 Å². The molecular weight excluding hydrogens is 288 g/mol. The minimum absolute atomic E-state index is 0.444. The van der Waals surface area contributed by atoms with Crippen LogP contribution in [0.5, 0.6) is 0 Å². The van der Waals surface area contributed by atoms with Crippen LogP contribution in [0.1, 0.15) is 25.1 Å². The van der Waals surface area contributed by atoms with E-state index in [1.807, 2.05) is 19.6 Å². The first-order valence-corrected chi connectivity index (χ1v) is 8.22. The molecule has 1 fully saturated rings. The number of aliphatic imine (C=N–C) groups is 1. The van der Waals surface area contributed by atoms with Gasteiger partial charge >= 0.3 is 0 Å². The summed E-state index contributed by atoms with van der Waals surface area (Å²) < 4.78 is 4.36. The van der Waals surface area contributed by atoms with Gasteiger partial charge in [0.05, 0.1) is 18.9 Å². The van der Waals surface area contributed by atoms with Crippen LogP contribution < -0.4 is 5.32 Å². The normalized spacial score (nSPS) is 22.4. The molecule has 1 N–H and O–H groups in total. The fourth-order valence-corrected chi connectivity index (χ4v) is 3.28. The molecule has 2 aromatic rings. The summed E-state index contributed by atoms with van der Waals surface area (Å²) in [5.41, 5.74) is 1.25. The fourth-order valence-electron chi connectivity index (χ4n) is 3.28. The highest BCUT2D eigenvalue weighted by atomic mass is 15.3. The van der Waals surface area contributed by atoms with Gasteiger partial charge in [-0.25, -0.2) is 4.98 Å². The third-order valence-corrected chi connectivity index (χ3v) is 4.82. The Hall–Kier alpha value is -2.24. The summed E-state index contributed by atoms with van der Waals surface area (Å²) >= 11 is 0. The second-order valence-electron chi connectivity index (χ2n) is 6.30. The second kappa shape index (κ2) is 6.89. The molecule has 0 amide bonds. The SMILES string of the molecule is CN=C(NCc1cccn1C)N1CCC(C)C(n2ccnc2)C1. The number of rotatable bonds is 3. The van der Waals surface area contributed by atoms with Crippen molar-refractivity contribution in [2.75, 3.05) is 20.1 Å². The number of likely N-dealkylation sites (tertiary alicyclic amines) is 1. The van der Waals surface area contributed by atoms with Crippen LogP contribution in [-0.2, 0) is 13.6 Å². The summed E-state index contributed by atoms with van der Waals surface area (Å²) in [7, 11) is 3.93. The van der Waals surface area contributed by atoms with Gasteiger partial charge < -0.3 is 19.4 Å². The number of hydrogen-bond acceptors (Lipinski definition) is 2. The lowest BCUT2D eigenvalue weighted by atomic mass is 9.93. The second-order valence-corrected chi connectivity index (χ2v) is 6.30. The van der Waals surface area contributed by atoms with E-state index in [2.05, 4.69) is 67.8 Å². The van der Waals surface area contributed by atoms with Crippen LogP contribution in [0.15, 0.2) is 42.0 Å². The van der Waals surface area contributed by atoms with Gasteiger partial charge in [0.2, 0.25) is 0 Å². The van der Waals surface area contributed by atoms with Crippen molar-refractivity contribution < 1.29 is 0 Å². The van der Waals surface area contributed by atoms with E-state index in [0.717, 1.165) is 32.0 Å². The molecule has 0 aromatic carbocycles. The smallest absolute Gasteiger partial charge is 0.194 e. The van der Waals surface area contributed by atoms with Crippen LogP contribution >= 0.6 is 0 Å². The molecule has 2 aromatic heterocycles. The Morgan fingerprint density at radius 3 is 2.96 bits per heavy atom. The number of guanidine groups is 1.